The molecule has 1 saturated carbocycles. The molecule has 0 saturated heterocycles. The van der Waals surface area contributed by atoms with Crippen LogP contribution in [0.3, 0.4) is 0 Å². The number of guanidine groups is 1. The Morgan fingerprint density at radius 2 is 2.14 bits per heavy atom. The Kier molecular flexibility index (Phi) is 6.23. The Balaban J connectivity index is 1.91. The Bertz CT molecular complexity index is 451. The summed E-state index contributed by atoms with van der Waals surface area (Å²) in [6, 6.07) is 4.17. The molecule has 1 aromatic rings. The second-order valence-corrected chi connectivity index (χ2v) is 5.61. The number of aliphatic imine (C=N–C) groups is 1. The molecule has 0 unspecified atom stereocenters. The van der Waals surface area contributed by atoms with E-state index in [-0.39, 0.29) is 19.8 Å². The molecule has 2 rings (SSSR count). The molecule has 1 aliphatic rings. The van der Waals surface area contributed by atoms with Gasteiger partial charge in [0.15, 0.2) is 5.96 Å². The van der Waals surface area contributed by atoms with Crippen LogP contribution in [0.5, 0.6) is 0 Å². The van der Waals surface area contributed by atoms with E-state index in [0.29, 0.717) is 18.5 Å². The molecule has 22 heavy (non-hydrogen) atoms. The van der Waals surface area contributed by atoms with E-state index >= 15 is 0 Å². The van der Waals surface area contributed by atoms with Gasteiger partial charge in [-0.15, -0.1) is 0 Å². The normalized spacial score (nSPS) is 15.9. The molecular formula is C15H25N3O4. The smallest absolute Gasteiger partial charge is 0.192 e. The van der Waals surface area contributed by atoms with Crippen LogP contribution in [0.25, 0.3) is 0 Å². The van der Waals surface area contributed by atoms with Crippen LogP contribution in [0.15, 0.2) is 27.8 Å². The third-order valence-corrected chi connectivity index (χ3v) is 3.30. The maximum Gasteiger partial charge on any atom is 0.192 e. The molecule has 1 fully saturated rings. The number of nitrogens with zero attached hydrogens (tertiary/aromatic N) is 1. The summed E-state index contributed by atoms with van der Waals surface area (Å²) >= 11 is 0. The van der Waals surface area contributed by atoms with E-state index in [1.165, 1.54) is 0 Å². The number of nitrogens with one attached hydrogen (secondary N) is 2. The van der Waals surface area contributed by atoms with Crippen molar-refractivity contribution >= 4 is 5.96 Å². The van der Waals surface area contributed by atoms with Crippen molar-refractivity contribution in [1.29, 1.82) is 0 Å². The van der Waals surface area contributed by atoms with Gasteiger partial charge in [-0.1, -0.05) is 0 Å². The standard InChI is InChI=1S/C15H25N3O4/c1-20-10-15(19,11-21-2)9-17-14(18-12-5-6-12)16-8-13-4-3-7-22-13/h3-4,7,12,19H,5-6,8-11H2,1-2H3,(H2,16,17,18). The van der Waals surface area contributed by atoms with Gasteiger partial charge in [0.05, 0.1) is 26.0 Å². The van der Waals surface area contributed by atoms with E-state index in [0.717, 1.165) is 18.6 Å². The van der Waals surface area contributed by atoms with Crippen LogP contribution >= 0.6 is 0 Å². The molecule has 1 heterocycles. The van der Waals surface area contributed by atoms with Gasteiger partial charge in [0.2, 0.25) is 0 Å². The maximum absolute atomic E-state index is 10.4. The fourth-order valence-corrected chi connectivity index (χ4v) is 2.06. The Morgan fingerprint density at radius 1 is 1.41 bits per heavy atom. The Labute approximate surface area is 130 Å². The second-order valence-electron chi connectivity index (χ2n) is 5.61. The van der Waals surface area contributed by atoms with Gasteiger partial charge >= 0.3 is 0 Å². The maximum atomic E-state index is 10.4. The van der Waals surface area contributed by atoms with Crippen molar-refractivity contribution in [3.8, 4) is 0 Å². The van der Waals surface area contributed by atoms with Crippen LogP contribution in [0.1, 0.15) is 18.6 Å². The zero-order valence-corrected chi connectivity index (χ0v) is 13.2. The minimum absolute atomic E-state index is 0.183. The Morgan fingerprint density at radius 3 is 2.68 bits per heavy atom. The van der Waals surface area contributed by atoms with Crippen molar-refractivity contribution in [2.45, 2.75) is 31.0 Å². The lowest BCUT2D eigenvalue weighted by molar-refractivity contribution is -0.0730. The van der Waals surface area contributed by atoms with Gasteiger partial charge in [-0.2, -0.15) is 0 Å². The van der Waals surface area contributed by atoms with Crippen LogP contribution in [0, 0.1) is 0 Å². The minimum atomic E-state index is -1.10. The van der Waals surface area contributed by atoms with E-state index in [9.17, 15) is 5.11 Å². The second kappa shape index (κ2) is 8.17. The van der Waals surface area contributed by atoms with Crippen molar-refractivity contribution in [2.24, 2.45) is 4.99 Å². The number of furan rings is 1. The van der Waals surface area contributed by atoms with Crippen LogP contribution in [0.2, 0.25) is 0 Å². The summed E-state index contributed by atoms with van der Waals surface area (Å²) < 4.78 is 15.4. The van der Waals surface area contributed by atoms with Gasteiger partial charge in [-0.25, -0.2) is 4.99 Å². The number of hydrogen-bond donors (Lipinski definition) is 3. The molecule has 0 aromatic carbocycles. The first kappa shape index (κ1) is 16.8. The SMILES string of the molecule is COCC(O)(CNC(=NCc1ccco1)NC1CC1)COC. The summed E-state index contributed by atoms with van der Waals surface area (Å²) in [6.07, 6.45) is 3.91. The molecule has 1 aliphatic carbocycles. The van der Waals surface area contributed by atoms with Crippen LogP contribution in [0.4, 0.5) is 0 Å². The summed E-state index contributed by atoms with van der Waals surface area (Å²) in [5, 5.41) is 16.9. The average molecular weight is 311 g/mol. The van der Waals surface area contributed by atoms with E-state index < -0.39 is 5.60 Å². The number of hydrogen-bond acceptors (Lipinski definition) is 5. The molecular weight excluding hydrogens is 286 g/mol. The van der Waals surface area contributed by atoms with Crippen LogP contribution < -0.4 is 10.6 Å². The van der Waals surface area contributed by atoms with Gasteiger partial charge < -0.3 is 29.6 Å². The van der Waals surface area contributed by atoms with Gasteiger partial charge in [0.25, 0.3) is 0 Å². The van der Waals surface area contributed by atoms with Crippen molar-refractivity contribution < 1.29 is 19.0 Å². The van der Waals surface area contributed by atoms with Crippen LogP contribution in [-0.4, -0.2) is 56.7 Å². The molecule has 0 aliphatic heterocycles. The summed E-state index contributed by atoms with van der Waals surface area (Å²) in [4.78, 5) is 4.48. The number of rotatable bonds is 9. The van der Waals surface area contributed by atoms with Crippen LogP contribution in [-0.2, 0) is 16.0 Å². The van der Waals surface area contributed by atoms with Crippen molar-refractivity contribution in [3.05, 3.63) is 24.2 Å². The molecule has 124 valence electrons. The van der Waals surface area contributed by atoms with Gasteiger partial charge in [0.1, 0.15) is 17.9 Å². The highest BCUT2D eigenvalue weighted by Gasteiger charge is 2.28. The first-order chi connectivity index (χ1) is 10.6. The van der Waals surface area contributed by atoms with E-state index in [1.807, 2.05) is 12.1 Å². The van der Waals surface area contributed by atoms with Gasteiger partial charge in [-0.3, -0.25) is 0 Å². The third-order valence-electron chi connectivity index (χ3n) is 3.30. The summed E-state index contributed by atoms with van der Waals surface area (Å²) in [7, 11) is 3.10. The monoisotopic (exact) mass is 311 g/mol. The zero-order valence-electron chi connectivity index (χ0n) is 13.2. The molecule has 1 aromatic heterocycles. The summed E-state index contributed by atoms with van der Waals surface area (Å²) in [5.74, 6) is 1.45. The fraction of sp³-hybridized carbons (Fsp3) is 0.667. The van der Waals surface area contributed by atoms with Crippen molar-refractivity contribution in [2.75, 3.05) is 34.0 Å². The topological polar surface area (TPSA) is 88.3 Å². The molecule has 0 spiro atoms. The molecule has 0 bridgehead atoms. The predicted molar refractivity (Wildman–Crippen MR) is 82.7 cm³/mol. The molecule has 3 N–H and O–H groups in total. The minimum Gasteiger partial charge on any atom is -0.467 e. The molecule has 7 nitrogen and oxygen atoms in total. The van der Waals surface area contributed by atoms with Gasteiger partial charge in [-0.05, 0) is 25.0 Å². The molecule has 0 atom stereocenters. The Hall–Kier alpha value is -1.57. The molecule has 7 heteroatoms. The third kappa shape index (κ3) is 5.67. The summed E-state index contributed by atoms with van der Waals surface area (Å²) in [5.41, 5.74) is -1.10. The van der Waals surface area contributed by atoms with Gasteiger partial charge in [0, 0.05) is 20.3 Å². The number of methoxy groups -OCH3 is 2. The predicted octanol–water partition coefficient (Wildman–Crippen LogP) is 0.501. The molecule has 0 amide bonds. The lowest BCUT2D eigenvalue weighted by atomic mass is 10.1. The highest BCUT2D eigenvalue weighted by molar-refractivity contribution is 5.80. The fourth-order valence-electron chi connectivity index (χ4n) is 2.06. The van der Waals surface area contributed by atoms with Crippen molar-refractivity contribution in [3.63, 3.8) is 0 Å². The first-order valence-corrected chi connectivity index (χ1v) is 7.43. The van der Waals surface area contributed by atoms with E-state index in [2.05, 4.69) is 15.6 Å². The van der Waals surface area contributed by atoms with Crippen molar-refractivity contribution in [1.82, 2.24) is 10.6 Å². The largest absolute Gasteiger partial charge is 0.467 e. The molecule has 0 radical (unpaired) electrons. The lowest BCUT2D eigenvalue weighted by Gasteiger charge is -2.27. The van der Waals surface area contributed by atoms with E-state index in [4.69, 9.17) is 13.9 Å². The number of aliphatic hydroxyl groups is 1. The quantitative estimate of drug-likeness (QED) is 0.455. The van der Waals surface area contributed by atoms with E-state index in [1.54, 1.807) is 20.5 Å². The first-order valence-electron chi connectivity index (χ1n) is 7.43. The average Bonchev–Trinajstić information content (AvgIpc) is 3.14. The highest BCUT2D eigenvalue weighted by Crippen LogP contribution is 2.18. The highest BCUT2D eigenvalue weighted by atomic mass is 16.5. The zero-order chi connectivity index (χ0) is 15.8. The number of ether oxygens (including phenoxy) is 2. The summed E-state index contributed by atoms with van der Waals surface area (Å²) in [6.45, 7) is 1.10. The lowest BCUT2D eigenvalue weighted by Crippen LogP contribution is -2.52.